The quantitative estimate of drug-likeness (QED) is 0.691. The van der Waals surface area contributed by atoms with E-state index < -0.39 is 10.0 Å². The molecule has 0 spiro atoms. The number of benzene rings is 2. The molecule has 1 aliphatic carbocycles. The van der Waals surface area contributed by atoms with Gasteiger partial charge in [-0.3, -0.25) is 0 Å². The average Bonchev–Trinajstić information content (AvgIpc) is 3.03. The van der Waals surface area contributed by atoms with E-state index in [9.17, 15) is 8.42 Å². The first kappa shape index (κ1) is 16.8. The summed E-state index contributed by atoms with van der Waals surface area (Å²) in [6, 6.07) is 13.4. The molecule has 0 amide bonds. The molecule has 5 rings (SSSR count). The predicted octanol–water partition coefficient (Wildman–Crippen LogP) is 3.74. The maximum absolute atomic E-state index is 13.3. The van der Waals surface area contributed by atoms with Gasteiger partial charge in [-0.05, 0) is 49.6 Å². The minimum Gasteiger partial charge on any atom is -0.309 e. The molecule has 0 saturated carbocycles. The zero-order chi connectivity index (χ0) is 18.8. The lowest BCUT2D eigenvalue weighted by molar-refractivity contribution is 0.462. The van der Waals surface area contributed by atoms with Gasteiger partial charge in [-0.2, -0.15) is 0 Å². The van der Waals surface area contributed by atoms with Crippen LogP contribution in [0.3, 0.4) is 0 Å². The van der Waals surface area contributed by atoms with Crippen molar-refractivity contribution in [1.82, 2.24) is 9.29 Å². The molecule has 2 unspecified atom stereocenters. The van der Waals surface area contributed by atoms with Crippen LogP contribution in [0.1, 0.15) is 29.5 Å². The standard InChI is InChI=1S/C22H22N2O2S/c1-14-6-8-17(9-7-14)27(25,26)24-13-16-11-20-19(10-15(2)12-23-20)18-4-3-5-21(24)22(16)18/h3-10,13,19-20,23H,11-12H2,1-2H3. The number of aromatic nitrogens is 1. The molecule has 2 aliphatic rings. The van der Waals surface area contributed by atoms with E-state index in [4.69, 9.17) is 0 Å². The third-order valence-electron chi connectivity index (χ3n) is 5.82. The van der Waals surface area contributed by atoms with Crippen molar-refractivity contribution in [2.24, 2.45) is 0 Å². The molecule has 4 nitrogen and oxygen atoms in total. The van der Waals surface area contributed by atoms with Crippen molar-refractivity contribution >= 4 is 20.9 Å². The summed E-state index contributed by atoms with van der Waals surface area (Å²) in [5.41, 5.74) is 5.49. The molecule has 27 heavy (non-hydrogen) atoms. The van der Waals surface area contributed by atoms with Gasteiger partial charge in [-0.15, -0.1) is 0 Å². The van der Waals surface area contributed by atoms with Gasteiger partial charge < -0.3 is 5.32 Å². The van der Waals surface area contributed by atoms with Crippen LogP contribution < -0.4 is 5.32 Å². The Labute approximate surface area is 159 Å². The monoisotopic (exact) mass is 378 g/mol. The van der Waals surface area contributed by atoms with E-state index in [1.54, 1.807) is 12.1 Å². The van der Waals surface area contributed by atoms with E-state index in [-0.39, 0.29) is 0 Å². The van der Waals surface area contributed by atoms with E-state index >= 15 is 0 Å². The Bertz CT molecular complexity index is 1190. The highest BCUT2D eigenvalue weighted by Crippen LogP contribution is 2.41. The highest BCUT2D eigenvalue weighted by atomic mass is 32.2. The van der Waals surface area contributed by atoms with E-state index in [1.807, 2.05) is 37.4 Å². The Balaban J connectivity index is 1.73. The van der Waals surface area contributed by atoms with E-state index in [1.165, 1.54) is 15.1 Å². The van der Waals surface area contributed by atoms with Crippen LogP contribution in [0.5, 0.6) is 0 Å². The second-order valence-electron chi connectivity index (χ2n) is 7.74. The van der Waals surface area contributed by atoms with Gasteiger partial charge in [0, 0.05) is 30.1 Å². The van der Waals surface area contributed by atoms with E-state index in [0.29, 0.717) is 16.9 Å². The highest BCUT2D eigenvalue weighted by molar-refractivity contribution is 7.90. The van der Waals surface area contributed by atoms with Crippen LogP contribution in [0, 0.1) is 6.92 Å². The summed E-state index contributed by atoms with van der Waals surface area (Å²) in [7, 11) is -3.62. The van der Waals surface area contributed by atoms with Gasteiger partial charge >= 0.3 is 0 Å². The molecule has 1 aromatic heterocycles. The van der Waals surface area contributed by atoms with Crippen LogP contribution in [-0.4, -0.2) is 25.0 Å². The summed E-state index contributed by atoms with van der Waals surface area (Å²) in [5, 5.41) is 4.71. The van der Waals surface area contributed by atoms with Crippen molar-refractivity contribution < 1.29 is 8.42 Å². The predicted molar refractivity (Wildman–Crippen MR) is 108 cm³/mol. The Kier molecular flexibility index (Phi) is 3.61. The minimum absolute atomic E-state index is 0.299. The number of nitrogens with zero attached hydrogens (tertiary/aromatic N) is 1. The molecule has 3 aromatic rings. The van der Waals surface area contributed by atoms with Crippen LogP contribution in [0.15, 0.2) is 65.2 Å². The minimum atomic E-state index is -3.62. The van der Waals surface area contributed by atoms with Gasteiger partial charge in [-0.25, -0.2) is 12.4 Å². The van der Waals surface area contributed by atoms with Crippen molar-refractivity contribution in [2.75, 3.05) is 6.54 Å². The highest BCUT2D eigenvalue weighted by Gasteiger charge is 2.34. The molecule has 2 heterocycles. The Hall–Kier alpha value is -2.37. The molecule has 0 radical (unpaired) electrons. The summed E-state index contributed by atoms with van der Waals surface area (Å²) < 4.78 is 28.1. The molecule has 5 heteroatoms. The van der Waals surface area contributed by atoms with E-state index in [0.717, 1.165) is 35.0 Å². The second-order valence-corrected chi connectivity index (χ2v) is 9.55. The van der Waals surface area contributed by atoms with Crippen LogP contribution >= 0.6 is 0 Å². The molecular formula is C22H22N2O2S. The fourth-order valence-electron chi connectivity index (χ4n) is 4.47. The molecule has 0 bridgehead atoms. The van der Waals surface area contributed by atoms with Crippen molar-refractivity contribution in [3.63, 3.8) is 0 Å². The smallest absolute Gasteiger partial charge is 0.268 e. The normalized spacial score (nSPS) is 21.8. The topological polar surface area (TPSA) is 51.1 Å². The summed E-state index contributed by atoms with van der Waals surface area (Å²) in [5.74, 6) is 0.299. The Morgan fingerprint density at radius 2 is 1.85 bits per heavy atom. The van der Waals surface area contributed by atoms with Crippen LogP contribution in [0.2, 0.25) is 0 Å². The van der Waals surface area contributed by atoms with Gasteiger partial charge in [0.05, 0.1) is 10.4 Å². The lowest BCUT2D eigenvalue weighted by atomic mass is 9.78. The fourth-order valence-corrected chi connectivity index (χ4v) is 5.85. The summed E-state index contributed by atoms with van der Waals surface area (Å²) >= 11 is 0. The third kappa shape index (κ3) is 2.49. The van der Waals surface area contributed by atoms with Crippen LogP contribution in [0.25, 0.3) is 10.9 Å². The number of rotatable bonds is 2. The summed E-state index contributed by atoms with van der Waals surface area (Å²) in [4.78, 5) is 0.326. The van der Waals surface area contributed by atoms with Gasteiger partial charge in [0.25, 0.3) is 10.0 Å². The molecule has 1 N–H and O–H groups in total. The molecular weight excluding hydrogens is 356 g/mol. The fraction of sp³-hybridized carbons (Fsp3) is 0.273. The average molecular weight is 378 g/mol. The van der Waals surface area contributed by atoms with Gasteiger partial charge in [-0.1, -0.05) is 41.5 Å². The molecule has 2 aromatic carbocycles. The Morgan fingerprint density at radius 3 is 2.63 bits per heavy atom. The van der Waals surface area contributed by atoms with Gasteiger partial charge in [0.15, 0.2) is 0 Å². The number of nitrogens with one attached hydrogen (secondary N) is 1. The lowest BCUT2D eigenvalue weighted by Gasteiger charge is -2.34. The zero-order valence-electron chi connectivity index (χ0n) is 15.4. The van der Waals surface area contributed by atoms with E-state index in [2.05, 4.69) is 24.4 Å². The molecule has 0 fully saturated rings. The first-order valence-electron chi connectivity index (χ1n) is 9.31. The van der Waals surface area contributed by atoms with Gasteiger partial charge in [0.1, 0.15) is 0 Å². The van der Waals surface area contributed by atoms with Crippen molar-refractivity contribution in [3.8, 4) is 0 Å². The second kappa shape index (κ2) is 5.81. The number of fused-ring (bicyclic) bond motifs is 2. The number of hydrogen-bond acceptors (Lipinski definition) is 3. The van der Waals surface area contributed by atoms with Crippen molar-refractivity contribution in [1.29, 1.82) is 0 Å². The number of aryl methyl sites for hydroxylation is 1. The molecule has 0 saturated heterocycles. The van der Waals surface area contributed by atoms with Gasteiger partial charge in [0.2, 0.25) is 0 Å². The maximum Gasteiger partial charge on any atom is 0.268 e. The third-order valence-corrected chi connectivity index (χ3v) is 7.51. The zero-order valence-corrected chi connectivity index (χ0v) is 16.3. The molecule has 138 valence electrons. The van der Waals surface area contributed by atoms with Crippen LogP contribution in [-0.2, 0) is 16.4 Å². The van der Waals surface area contributed by atoms with Crippen molar-refractivity contribution in [2.45, 2.75) is 37.1 Å². The summed E-state index contributed by atoms with van der Waals surface area (Å²) in [6.45, 7) is 5.00. The van der Waals surface area contributed by atoms with Crippen molar-refractivity contribution in [3.05, 3.63) is 77.0 Å². The first-order valence-corrected chi connectivity index (χ1v) is 10.7. The largest absolute Gasteiger partial charge is 0.309 e. The SMILES string of the molecule is CC1=CC2c3cccc4c3c(cn4S(=O)(=O)c3ccc(C)cc3)CC2NC1. The van der Waals surface area contributed by atoms with Crippen LogP contribution in [0.4, 0.5) is 0 Å². The number of hydrogen-bond donors (Lipinski definition) is 1. The Morgan fingerprint density at radius 1 is 1.07 bits per heavy atom. The lowest BCUT2D eigenvalue weighted by Crippen LogP contribution is -2.42. The molecule has 1 aliphatic heterocycles. The maximum atomic E-state index is 13.3. The first-order chi connectivity index (χ1) is 12.9. The molecule has 2 atom stereocenters. The summed E-state index contributed by atoms with van der Waals surface area (Å²) in [6.07, 6.45) is 5.01.